The Morgan fingerprint density at radius 3 is 2.57 bits per heavy atom. The van der Waals surface area contributed by atoms with Crippen LogP contribution in [-0.2, 0) is 11.3 Å². The Morgan fingerprint density at radius 2 is 1.96 bits per heavy atom. The van der Waals surface area contributed by atoms with Crippen molar-refractivity contribution in [3.05, 3.63) is 41.3 Å². The van der Waals surface area contributed by atoms with Gasteiger partial charge < -0.3 is 10.1 Å². The number of hydrogen-bond acceptors (Lipinski definition) is 6. The standard InChI is InChI=1S/C18H19F2N5O2S/c1-10(8-25-12(3)21-11(2)24-25)16(26)23-18-22-15(9-28-18)13-4-6-14(7-5-13)27-17(19)20/h4-7,9-10,17H,8H2,1-3H3,(H,22,23,26)/t10-/m0/s1. The molecule has 0 spiro atoms. The average Bonchev–Trinajstić information content (AvgIpc) is 3.21. The molecule has 0 aliphatic rings. The highest BCUT2D eigenvalue weighted by Gasteiger charge is 2.17. The zero-order valence-corrected chi connectivity index (χ0v) is 16.3. The van der Waals surface area contributed by atoms with Gasteiger partial charge in [0.1, 0.15) is 17.4 Å². The molecule has 28 heavy (non-hydrogen) atoms. The molecule has 0 aliphatic carbocycles. The molecule has 1 N–H and O–H groups in total. The summed E-state index contributed by atoms with van der Waals surface area (Å²) in [4.78, 5) is 21.0. The predicted octanol–water partition coefficient (Wildman–Crippen LogP) is 3.89. The fourth-order valence-electron chi connectivity index (χ4n) is 2.58. The van der Waals surface area contributed by atoms with E-state index in [1.54, 1.807) is 29.1 Å². The monoisotopic (exact) mass is 407 g/mol. The number of carbonyl (C=O) groups is 1. The minimum absolute atomic E-state index is 0.0787. The average molecular weight is 407 g/mol. The molecule has 3 aromatic rings. The fourth-order valence-corrected chi connectivity index (χ4v) is 3.30. The van der Waals surface area contributed by atoms with E-state index in [1.807, 2.05) is 13.8 Å². The Hall–Kier alpha value is -2.88. The molecule has 0 bridgehead atoms. The number of nitrogens with zero attached hydrogens (tertiary/aromatic N) is 4. The van der Waals surface area contributed by atoms with Crippen molar-refractivity contribution in [1.82, 2.24) is 19.7 Å². The summed E-state index contributed by atoms with van der Waals surface area (Å²) in [6, 6.07) is 6.17. The molecule has 2 heterocycles. The number of aryl methyl sites for hydroxylation is 2. The molecule has 1 atom stereocenters. The highest BCUT2D eigenvalue weighted by Crippen LogP contribution is 2.27. The quantitative estimate of drug-likeness (QED) is 0.642. The van der Waals surface area contributed by atoms with Crippen molar-refractivity contribution in [2.24, 2.45) is 5.92 Å². The van der Waals surface area contributed by atoms with Crippen molar-refractivity contribution in [3.8, 4) is 17.0 Å². The highest BCUT2D eigenvalue weighted by molar-refractivity contribution is 7.14. The van der Waals surface area contributed by atoms with Gasteiger partial charge in [0.25, 0.3) is 0 Å². The lowest BCUT2D eigenvalue weighted by atomic mass is 10.1. The maximum atomic E-state index is 12.4. The summed E-state index contributed by atoms with van der Waals surface area (Å²) >= 11 is 1.29. The number of amides is 1. The normalized spacial score (nSPS) is 12.2. The number of alkyl halides is 2. The molecular weight excluding hydrogens is 388 g/mol. The number of nitrogens with one attached hydrogen (secondary N) is 1. The number of aromatic nitrogens is 4. The molecule has 0 saturated carbocycles. The third kappa shape index (κ3) is 4.89. The summed E-state index contributed by atoms with van der Waals surface area (Å²) in [5.41, 5.74) is 1.37. The van der Waals surface area contributed by atoms with E-state index in [0.717, 1.165) is 11.4 Å². The molecule has 0 saturated heterocycles. The first kappa shape index (κ1) is 19.9. The van der Waals surface area contributed by atoms with Crippen molar-refractivity contribution in [2.75, 3.05) is 5.32 Å². The van der Waals surface area contributed by atoms with Gasteiger partial charge in [-0.15, -0.1) is 11.3 Å². The molecule has 1 aromatic carbocycles. The van der Waals surface area contributed by atoms with Crippen LogP contribution < -0.4 is 10.1 Å². The molecule has 7 nitrogen and oxygen atoms in total. The van der Waals surface area contributed by atoms with E-state index in [4.69, 9.17) is 0 Å². The number of hydrogen-bond donors (Lipinski definition) is 1. The summed E-state index contributed by atoms with van der Waals surface area (Å²) in [6.45, 7) is 3.01. The van der Waals surface area contributed by atoms with Gasteiger partial charge in [0, 0.05) is 10.9 Å². The second kappa shape index (κ2) is 8.42. The van der Waals surface area contributed by atoms with Gasteiger partial charge in [0.05, 0.1) is 18.2 Å². The number of thiazole rings is 1. The first-order valence-electron chi connectivity index (χ1n) is 8.51. The van der Waals surface area contributed by atoms with E-state index in [-0.39, 0.29) is 17.6 Å². The van der Waals surface area contributed by atoms with Crippen molar-refractivity contribution in [3.63, 3.8) is 0 Å². The van der Waals surface area contributed by atoms with Crippen LogP contribution in [0.2, 0.25) is 0 Å². The molecule has 148 valence electrons. The highest BCUT2D eigenvalue weighted by atomic mass is 32.1. The topological polar surface area (TPSA) is 81.9 Å². The van der Waals surface area contributed by atoms with Crippen molar-refractivity contribution in [1.29, 1.82) is 0 Å². The van der Waals surface area contributed by atoms with Crippen LogP contribution in [0.25, 0.3) is 11.3 Å². The number of rotatable bonds is 7. The molecular formula is C18H19F2N5O2S. The van der Waals surface area contributed by atoms with Crippen LogP contribution in [0.4, 0.5) is 13.9 Å². The summed E-state index contributed by atoms with van der Waals surface area (Å²) < 4.78 is 30.5. The van der Waals surface area contributed by atoms with E-state index >= 15 is 0 Å². The van der Waals surface area contributed by atoms with Gasteiger partial charge in [-0.05, 0) is 38.1 Å². The summed E-state index contributed by atoms with van der Waals surface area (Å²) in [5.74, 6) is 1.01. The van der Waals surface area contributed by atoms with E-state index in [2.05, 4.69) is 25.1 Å². The lowest BCUT2D eigenvalue weighted by Crippen LogP contribution is -2.25. The maximum absolute atomic E-state index is 12.4. The van der Waals surface area contributed by atoms with Crippen LogP contribution in [0.3, 0.4) is 0 Å². The predicted molar refractivity (Wildman–Crippen MR) is 101 cm³/mol. The van der Waals surface area contributed by atoms with Crippen molar-refractivity contribution >= 4 is 22.4 Å². The molecule has 3 rings (SSSR count). The second-order valence-corrected chi connectivity index (χ2v) is 7.08. The molecule has 0 unspecified atom stereocenters. The SMILES string of the molecule is Cc1nc(C)n(C[C@H](C)C(=O)Nc2nc(-c3ccc(OC(F)F)cc3)cs2)n1. The maximum Gasteiger partial charge on any atom is 0.387 e. The Morgan fingerprint density at radius 1 is 1.25 bits per heavy atom. The van der Waals surface area contributed by atoms with Gasteiger partial charge in [-0.3, -0.25) is 4.79 Å². The van der Waals surface area contributed by atoms with Crippen LogP contribution in [0.5, 0.6) is 5.75 Å². The minimum Gasteiger partial charge on any atom is -0.435 e. The first-order valence-corrected chi connectivity index (χ1v) is 9.39. The van der Waals surface area contributed by atoms with Crippen LogP contribution in [0, 0.1) is 19.8 Å². The molecule has 10 heteroatoms. The van der Waals surface area contributed by atoms with Gasteiger partial charge in [0.2, 0.25) is 5.91 Å². The van der Waals surface area contributed by atoms with Crippen LogP contribution in [-0.4, -0.2) is 32.3 Å². The van der Waals surface area contributed by atoms with E-state index in [9.17, 15) is 13.6 Å². The third-order valence-electron chi connectivity index (χ3n) is 3.97. The van der Waals surface area contributed by atoms with Gasteiger partial charge in [-0.1, -0.05) is 6.92 Å². The number of anilines is 1. The van der Waals surface area contributed by atoms with E-state index in [0.29, 0.717) is 23.2 Å². The van der Waals surface area contributed by atoms with Crippen LogP contribution in [0.15, 0.2) is 29.6 Å². The number of benzene rings is 1. The smallest absolute Gasteiger partial charge is 0.387 e. The lowest BCUT2D eigenvalue weighted by molar-refractivity contribution is -0.119. The first-order chi connectivity index (χ1) is 13.3. The van der Waals surface area contributed by atoms with E-state index in [1.165, 1.54) is 23.5 Å². The number of halogens is 2. The van der Waals surface area contributed by atoms with E-state index < -0.39 is 6.61 Å². The summed E-state index contributed by atoms with van der Waals surface area (Å²) in [6.07, 6.45) is 0. The zero-order valence-electron chi connectivity index (χ0n) is 15.5. The fraction of sp³-hybridized carbons (Fsp3) is 0.333. The number of ether oxygens (including phenoxy) is 1. The molecule has 1 amide bonds. The third-order valence-corrected chi connectivity index (χ3v) is 4.72. The Balaban J connectivity index is 1.62. The van der Waals surface area contributed by atoms with Crippen LogP contribution >= 0.6 is 11.3 Å². The Bertz CT molecular complexity index is 955. The van der Waals surface area contributed by atoms with Gasteiger partial charge in [-0.25, -0.2) is 14.6 Å². The lowest BCUT2D eigenvalue weighted by Gasteiger charge is -2.11. The summed E-state index contributed by atoms with van der Waals surface area (Å²) in [5, 5.41) is 9.31. The van der Waals surface area contributed by atoms with Gasteiger partial charge in [0.15, 0.2) is 5.13 Å². The Kier molecular flexibility index (Phi) is 5.98. The summed E-state index contributed by atoms with van der Waals surface area (Å²) in [7, 11) is 0. The Labute approximate surface area is 164 Å². The second-order valence-electron chi connectivity index (χ2n) is 6.22. The van der Waals surface area contributed by atoms with Crippen molar-refractivity contribution in [2.45, 2.75) is 33.9 Å². The van der Waals surface area contributed by atoms with Crippen LogP contribution in [0.1, 0.15) is 18.6 Å². The zero-order chi connectivity index (χ0) is 20.3. The van der Waals surface area contributed by atoms with Gasteiger partial charge in [-0.2, -0.15) is 13.9 Å². The number of carbonyl (C=O) groups excluding carboxylic acids is 1. The minimum atomic E-state index is -2.86. The molecule has 0 radical (unpaired) electrons. The largest absolute Gasteiger partial charge is 0.435 e. The molecule has 0 fully saturated rings. The van der Waals surface area contributed by atoms with Crippen molar-refractivity contribution < 1.29 is 18.3 Å². The molecule has 0 aliphatic heterocycles. The van der Waals surface area contributed by atoms with Gasteiger partial charge >= 0.3 is 6.61 Å². The molecule has 2 aromatic heterocycles.